The van der Waals surface area contributed by atoms with E-state index < -0.39 is 0 Å². The average Bonchev–Trinajstić information content (AvgIpc) is 2.93. The molecule has 4 nitrogen and oxygen atoms in total. The van der Waals surface area contributed by atoms with Gasteiger partial charge in [0.25, 0.3) is 0 Å². The first-order valence-electron chi connectivity index (χ1n) is 8.67. The number of hydrogen-bond acceptors (Lipinski definition) is 4. The third kappa shape index (κ3) is 2.95. The number of allylic oxidation sites excluding steroid dienone is 1. The molecule has 0 aliphatic carbocycles. The summed E-state index contributed by atoms with van der Waals surface area (Å²) in [5.74, 6) is 1.75. The van der Waals surface area contributed by atoms with Crippen molar-refractivity contribution in [3.63, 3.8) is 0 Å². The van der Waals surface area contributed by atoms with Crippen LogP contribution in [0.15, 0.2) is 40.6 Å². The van der Waals surface area contributed by atoms with E-state index in [1.165, 1.54) is 0 Å². The minimum Gasteiger partial charge on any atom is -0.477 e. The summed E-state index contributed by atoms with van der Waals surface area (Å²) in [5.41, 5.74) is 3.49. The van der Waals surface area contributed by atoms with Crippen LogP contribution in [0.25, 0.3) is 6.08 Å². The van der Waals surface area contributed by atoms with Gasteiger partial charge in [0.05, 0.1) is 5.56 Å². The molecule has 0 saturated heterocycles. The second-order valence-corrected chi connectivity index (χ2v) is 7.89. The molecule has 0 spiro atoms. The molecule has 0 atom stereocenters. The Morgan fingerprint density at radius 2 is 1.92 bits per heavy atom. The lowest BCUT2D eigenvalue weighted by Gasteiger charge is -2.32. The minimum atomic E-state index is -0.0736. The normalized spacial score (nSPS) is 17.9. The first kappa shape index (κ1) is 17.3. The number of nitrogens with zero attached hydrogens (tertiary/aromatic N) is 1. The number of benzene rings is 2. The summed E-state index contributed by atoms with van der Waals surface area (Å²) in [6.07, 6.45) is 1.79. The van der Waals surface area contributed by atoms with Crippen molar-refractivity contribution >= 4 is 27.8 Å². The van der Waals surface area contributed by atoms with Crippen LogP contribution in [-0.2, 0) is 6.54 Å². The standard InChI is InChI=1S/C21H20BrNO3/c1-12(2)23-10-15-9-17-19(24)18(8-14-4-6-16(22)7-5-14)26-21(17)13(3)20(15)25-11-23/h4-9,12H,10-11H2,1-3H3/b18-8-. The Labute approximate surface area is 161 Å². The summed E-state index contributed by atoms with van der Waals surface area (Å²) >= 11 is 3.42. The van der Waals surface area contributed by atoms with Gasteiger partial charge in [0, 0.05) is 28.2 Å². The number of hydrogen-bond donors (Lipinski definition) is 0. The highest BCUT2D eigenvalue weighted by Gasteiger charge is 2.33. The molecule has 0 bridgehead atoms. The predicted molar refractivity (Wildman–Crippen MR) is 104 cm³/mol. The second kappa shape index (κ2) is 6.56. The van der Waals surface area contributed by atoms with E-state index in [0.717, 1.165) is 33.5 Å². The molecule has 0 radical (unpaired) electrons. The Morgan fingerprint density at radius 1 is 1.19 bits per heavy atom. The number of carbonyl (C=O) groups is 1. The van der Waals surface area contributed by atoms with Gasteiger partial charge in [-0.25, -0.2) is 0 Å². The molecule has 0 unspecified atom stereocenters. The highest BCUT2D eigenvalue weighted by molar-refractivity contribution is 9.10. The van der Waals surface area contributed by atoms with Gasteiger partial charge in [0.1, 0.15) is 18.2 Å². The molecule has 134 valence electrons. The molecular formula is C21H20BrNO3. The van der Waals surface area contributed by atoms with Gasteiger partial charge >= 0.3 is 0 Å². The maximum absolute atomic E-state index is 12.9. The Bertz CT molecular complexity index is 916. The molecule has 0 saturated carbocycles. The number of halogens is 1. The number of carbonyl (C=O) groups excluding carboxylic acids is 1. The predicted octanol–water partition coefficient (Wildman–Crippen LogP) is 4.93. The van der Waals surface area contributed by atoms with Crippen LogP contribution in [0.5, 0.6) is 11.5 Å². The van der Waals surface area contributed by atoms with Gasteiger partial charge in [-0.05, 0) is 50.6 Å². The van der Waals surface area contributed by atoms with Crippen molar-refractivity contribution in [3.8, 4) is 11.5 Å². The SMILES string of the molecule is Cc1c2c(cc3c1O/C(=C\c1ccc(Br)cc1)C3=O)CN(C(C)C)CO2. The number of ether oxygens (including phenoxy) is 2. The van der Waals surface area contributed by atoms with Crippen LogP contribution >= 0.6 is 15.9 Å². The van der Waals surface area contributed by atoms with Crippen LogP contribution in [0.4, 0.5) is 0 Å². The summed E-state index contributed by atoms with van der Waals surface area (Å²) in [4.78, 5) is 15.1. The van der Waals surface area contributed by atoms with Crippen LogP contribution in [0.2, 0.25) is 0 Å². The van der Waals surface area contributed by atoms with Crippen molar-refractivity contribution in [2.45, 2.75) is 33.4 Å². The fourth-order valence-corrected chi connectivity index (χ4v) is 3.57. The topological polar surface area (TPSA) is 38.8 Å². The summed E-state index contributed by atoms with van der Waals surface area (Å²) in [6.45, 7) is 7.57. The van der Waals surface area contributed by atoms with Gasteiger partial charge in [-0.2, -0.15) is 0 Å². The molecule has 2 heterocycles. The van der Waals surface area contributed by atoms with E-state index >= 15 is 0 Å². The fraction of sp³-hybridized carbons (Fsp3) is 0.286. The monoisotopic (exact) mass is 413 g/mol. The van der Waals surface area contributed by atoms with Gasteiger partial charge < -0.3 is 9.47 Å². The highest BCUT2D eigenvalue weighted by atomic mass is 79.9. The first-order chi connectivity index (χ1) is 12.4. The van der Waals surface area contributed by atoms with Gasteiger partial charge in [-0.15, -0.1) is 0 Å². The van der Waals surface area contributed by atoms with Crippen molar-refractivity contribution in [3.05, 3.63) is 62.8 Å². The van der Waals surface area contributed by atoms with Crippen LogP contribution in [-0.4, -0.2) is 23.5 Å². The fourth-order valence-electron chi connectivity index (χ4n) is 3.31. The van der Waals surface area contributed by atoms with Gasteiger partial charge in [-0.3, -0.25) is 9.69 Å². The molecule has 26 heavy (non-hydrogen) atoms. The third-order valence-corrected chi connectivity index (χ3v) is 5.39. The van der Waals surface area contributed by atoms with Crippen LogP contribution < -0.4 is 9.47 Å². The molecule has 2 aromatic carbocycles. The molecule has 4 rings (SSSR count). The van der Waals surface area contributed by atoms with Crippen LogP contribution in [0, 0.1) is 6.92 Å². The quantitative estimate of drug-likeness (QED) is 0.653. The van der Waals surface area contributed by atoms with Crippen LogP contribution in [0.3, 0.4) is 0 Å². The molecule has 0 fully saturated rings. The molecule has 2 aromatic rings. The van der Waals surface area contributed by atoms with Gasteiger partial charge in [-0.1, -0.05) is 28.1 Å². The molecule has 5 heteroatoms. The van der Waals surface area contributed by atoms with E-state index in [-0.39, 0.29) is 5.78 Å². The van der Waals surface area contributed by atoms with E-state index in [1.54, 1.807) is 6.08 Å². The summed E-state index contributed by atoms with van der Waals surface area (Å²) in [5, 5.41) is 0. The molecule has 0 aromatic heterocycles. The van der Waals surface area contributed by atoms with Crippen LogP contribution in [0.1, 0.15) is 40.9 Å². The first-order valence-corrected chi connectivity index (χ1v) is 9.46. The van der Waals surface area contributed by atoms with E-state index in [2.05, 4.69) is 34.7 Å². The summed E-state index contributed by atoms with van der Waals surface area (Å²) in [6, 6.07) is 10.1. The molecule has 2 aliphatic heterocycles. The van der Waals surface area contributed by atoms with E-state index in [1.807, 2.05) is 37.3 Å². The zero-order valence-corrected chi connectivity index (χ0v) is 16.6. The van der Waals surface area contributed by atoms with Crippen molar-refractivity contribution in [2.75, 3.05) is 6.73 Å². The van der Waals surface area contributed by atoms with Crippen molar-refractivity contribution in [1.29, 1.82) is 0 Å². The lowest BCUT2D eigenvalue weighted by Crippen LogP contribution is -2.37. The Balaban J connectivity index is 1.71. The van der Waals surface area contributed by atoms with Crippen molar-refractivity contribution in [1.82, 2.24) is 4.90 Å². The smallest absolute Gasteiger partial charge is 0.231 e. The lowest BCUT2D eigenvalue weighted by molar-refractivity contribution is 0.0678. The number of rotatable bonds is 2. The summed E-state index contributed by atoms with van der Waals surface area (Å²) < 4.78 is 12.9. The number of fused-ring (bicyclic) bond motifs is 2. The van der Waals surface area contributed by atoms with E-state index in [4.69, 9.17) is 9.47 Å². The zero-order valence-electron chi connectivity index (χ0n) is 15.0. The maximum atomic E-state index is 12.9. The molecule has 0 N–H and O–H groups in total. The number of ketones is 1. The minimum absolute atomic E-state index is 0.0736. The largest absolute Gasteiger partial charge is 0.477 e. The van der Waals surface area contributed by atoms with E-state index in [0.29, 0.717) is 29.8 Å². The van der Waals surface area contributed by atoms with Crippen molar-refractivity contribution < 1.29 is 14.3 Å². The summed E-state index contributed by atoms with van der Waals surface area (Å²) in [7, 11) is 0. The zero-order chi connectivity index (χ0) is 18.4. The third-order valence-electron chi connectivity index (χ3n) is 4.86. The Morgan fingerprint density at radius 3 is 2.62 bits per heavy atom. The Kier molecular flexibility index (Phi) is 4.37. The maximum Gasteiger partial charge on any atom is 0.231 e. The van der Waals surface area contributed by atoms with E-state index in [9.17, 15) is 4.79 Å². The average molecular weight is 414 g/mol. The van der Waals surface area contributed by atoms with Gasteiger partial charge in [0.15, 0.2) is 5.76 Å². The molecule has 2 aliphatic rings. The second-order valence-electron chi connectivity index (χ2n) is 6.97. The van der Waals surface area contributed by atoms with Crippen molar-refractivity contribution in [2.24, 2.45) is 0 Å². The lowest BCUT2D eigenvalue weighted by atomic mass is 9.99. The highest BCUT2D eigenvalue weighted by Crippen LogP contribution is 2.43. The van der Waals surface area contributed by atoms with Gasteiger partial charge in [0.2, 0.25) is 5.78 Å². The molecule has 0 amide bonds. The number of Topliss-reactive ketones (excluding diaryl/α,β-unsaturated/α-hetero) is 1. The molecular weight excluding hydrogens is 394 g/mol. The Hall–Kier alpha value is -2.11.